The van der Waals surface area contributed by atoms with Gasteiger partial charge in [0.25, 0.3) is 5.95 Å². The summed E-state index contributed by atoms with van der Waals surface area (Å²) < 4.78 is 0. The topological polar surface area (TPSA) is 80.9 Å². The molecule has 0 atom stereocenters. The number of nitrogens with one attached hydrogen (secondary N) is 1. The minimum atomic E-state index is 0.437. The second-order valence-electron chi connectivity index (χ2n) is 5.07. The lowest BCUT2D eigenvalue weighted by Crippen LogP contribution is -2.01. The van der Waals surface area contributed by atoms with Gasteiger partial charge in [0, 0.05) is 29.0 Å². The molecule has 0 aliphatic heterocycles. The van der Waals surface area contributed by atoms with Crippen LogP contribution in [0.2, 0.25) is 0 Å². The van der Waals surface area contributed by atoms with Crippen LogP contribution in [0.4, 0.5) is 11.6 Å². The smallest absolute Gasteiger partial charge is 0.269 e. The zero-order valence-electron chi connectivity index (χ0n) is 12.6. The van der Waals surface area contributed by atoms with Crippen LogP contribution in [0.25, 0.3) is 10.8 Å². The zero-order chi connectivity index (χ0) is 16.2. The lowest BCUT2D eigenvalue weighted by molar-refractivity contribution is 0.699. The third-order valence-corrected chi connectivity index (χ3v) is 3.49. The quantitative estimate of drug-likeness (QED) is 0.586. The van der Waals surface area contributed by atoms with E-state index >= 15 is 0 Å². The highest BCUT2D eigenvalue weighted by atomic mass is 15.7. The molecule has 0 aliphatic carbocycles. The van der Waals surface area contributed by atoms with E-state index in [1.54, 1.807) is 18.6 Å². The summed E-state index contributed by atoms with van der Waals surface area (Å²) in [5.41, 5.74) is 1.78. The van der Waals surface area contributed by atoms with Gasteiger partial charge in [0.2, 0.25) is 0 Å². The number of tetrazole rings is 1. The van der Waals surface area contributed by atoms with Crippen LogP contribution in [0, 0.1) is 0 Å². The van der Waals surface area contributed by atoms with E-state index in [4.69, 9.17) is 0 Å². The van der Waals surface area contributed by atoms with Crippen LogP contribution in [-0.4, -0.2) is 31.5 Å². The monoisotopic (exact) mass is 315 g/mol. The Kier molecular flexibility index (Phi) is 3.65. The van der Waals surface area contributed by atoms with Gasteiger partial charge in [-0.05, 0) is 27.9 Å². The van der Waals surface area contributed by atoms with E-state index in [-0.39, 0.29) is 0 Å². The number of nitrogens with zero attached hydrogens (tertiary/aromatic N) is 6. The predicted octanol–water partition coefficient (Wildman–Crippen LogP) is 2.85. The summed E-state index contributed by atoms with van der Waals surface area (Å²) >= 11 is 0. The Labute approximate surface area is 137 Å². The maximum absolute atomic E-state index is 4.27. The van der Waals surface area contributed by atoms with E-state index in [2.05, 4.69) is 43.1 Å². The Morgan fingerprint density at radius 1 is 1.00 bits per heavy atom. The molecule has 2 aromatic carbocycles. The molecule has 1 N–H and O–H groups in total. The van der Waals surface area contributed by atoms with E-state index in [1.807, 2.05) is 42.5 Å². The first-order valence-corrected chi connectivity index (χ1v) is 7.38. The van der Waals surface area contributed by atoms with Gasteiger partial charge in [-0.1, -0.05) is 52.4 Å². The molecule has 116 valence electrons. The molecule has 0 bridgehead atoms. The maximum Gasteiger partial charge on any atom is 0.269 e. The van der Waals surface area contributed by atoms with Gasteiger partial charge in [-0.25, -0.2) is 0 Å². The second kappa shape index (κ2) is 6.25. The Bertz CT molecular complexity index is 987. The van der Waals surface area contributed by atoms with Gasteiger partial charge >= 0.3 is 0 Å². The highest BCUT2D eigenvalue weighted by molar-refractivity contribution is 5.94. The van der Waals surface area contributed by atoms with Crippen LogP contribution < -0.4 is 5.32 Å². The summed E-state index contributed by atoms with van der Waals surface area (Å²) in [6, 6.07) is 17.9. The van der Waals surface area contributed by atoms with Crippen LogP contribution in [0.15, 0.2) is 72.1 Å². The third-order valence-electron chi connectivity index (χ3n) is 3.49. The van der Waals surface area contributed by atoms with Crippen molar-refractivity contribution in [1.82, 2.24) is 25.3 Å². The number of hydrogen-bond donors (Lipinski definition) is 1. The maximum atomic E-state index is 4.27. The van der Waals surface area contributed by atoms with Gasteiger partial charge in [0.15, 0.2) is 0 Å². The van der Waals surface area contributed by atoms with Gasteiger partial charge in [-0.2, -0.15) is 5.10 Å². The first kappa shape index (κ1) is 14.0. The van der Waals surface area contributed by atoms with Crippen molar-refractivity contribution in [1.29, 1.82) is 0 Å². The van der Waals surface area contributed by atoms with Crippen molar-refractivity contribution in [2.24, 2.45) is 5.10 Å². The number of rotatable bonds is 4. The van der Waals surface area contributed by atoms with E-state index < -0.39 is 0 Å². The minimum Gasteiger partial charge on any atom is -0.321 e. The Morgan fingerprint density at radius 2 is 1.92 bits per heavy atom. The van der Waals surface area contributed by atoms with Crippen molar-refractivity contribution < 1.29 is 0 Å². The van der Waals surface area contributed by atoms with Crippen molar-refractivity contribution in [2.75, 3.05) is 5.32 Å². The van der Waals surface area contributed by atoms with E-state index in [0.717, 1.165) is 22.0 Å². The Balaban J connectivity index is 1.64. The van der Waals surface area contributed by atoms with E-state index in [9.17, 15) is 0 Å². The molecule has 0 unspecified atom stereocenters. The minimum absolute atomic E-state index is 0.437. The van der Waals surface area contributed by atoms with Gasteiger partial charge in [-0.3, -0.25) is 4.98 Å². The number of anilines is 2. The molecule has 7 heteroatoms. The predicted molar refractivity (Wildman–Crippen MR) is 92.3 cm³/mol. The van der Waals surface area contributed by atoms with Crippen molar-refractivity contribution in [2.45, 2.75) is 0 Å². The average Bonchev–Trinajstić information content (AvgIpc) is 3.08. The number of hydrogen-bond acceptors (Lipinski definition) is 6. The number of fused-ring (bicyclic) bond motifs is 1. The van der Waals surface area contributed by atoms with E-state index in [0.29, 0.717) is 5.95 Å². The van der Waals surface area contributed by atoms with Gasteiger partial charge in [0.05, 0.1) is 6.21 Å². The van der Waals surface area contributed by atoms with Crippen molar-refractivity contribution >= 4 is 28.6 Å². The lowest BCUT2D eigenvalue weighted by Gasteiger charge is -2.07. The fraction of sp³-hybridized carbons (Fsp3) is 0. The molecule has 7 nitrogen and oxygen atoms in total. The molecule has 0 amide bonds. The van der Waals surface area contributed by atoms with Crippen molar-refractivity contribution in [3.63, 3.8) is 0 Å². The van der Waals surface area contributed by atoms with Crippen LogP contribution >= 0.6 is 0 Å². The molecule has 4 aromatic rings. The highest BCUT2D eigenvalue weighted by Crippen LogP contribution is 2.25. The second-order valence-corrected chi connectivity index (χ2v) is 5.07. The standard InChI is InChI=1S/C17H13N7/c1-2-8-15-14(6-1)7-3-9-16(15)20-17-21-22-23-24(17)19-12-13-5-4-10-18-11-13/h1-12H,(H,20,21,23). The number of benzene rings is 2. The normalized spacial score (nSPS) is 11.2. The fourth-order valence-electron chi connectivity index (χ4n) is 2.36. The molecule has 0 fully saturated rings. The molecule has 4 rings (SSSR count). The van der Waals surface area contributed by atoms with Crippen molar-refractivity contribution in [3.8, 4) is 0 Å². The van der Waals surface area contributed by atoms with Gasteiger partial charge in [0.1, 0.15) is 0 Å². The van der Waals surface area contributed by atoms with E-state index in [1.165, 1.54) is 4.79 Å². The van der Waals surface area contributed by atoms with Crippen LogP contribution in [0.5, 0.6) is 0 Å². The lowest BCUT2D eigenvalue weighted by atomic mass is 10.1. The summed E-state index contributed by atoms with van der Waals surface area (Å²) in [4.78, 5) is 5.38. The van der Waals surface area contributed by atoms with Crippen molar-refractivity contribution in [3.05, 3.63) is 72.6 Å². The zero-order valence-corrected chi connectivity index (χ0v) is 12.6. The molecule has 0 saturated carbocycles. The van der Waals surface area contributed by atoms with Gasteiger partial charge < -0.3 is 5.32 Å². The summed E-state index contributed by atoms with van der Waals surface area (Å²) in [6.45, 7) is 0. The summed E-state index contributed by atoms with van der Waals surface area (Å²) in [5, 5.41) is 21.3. The molecule has 0 saturated heterocycles. The molecule has 0 aliphatic rings. The SMILES string of the molecule is C(=Nn1nnnc1Nc1cccc2ccccc12)c1cccnc1. The largest absolute Gasteiger partial charge is 0.321 e. The first-order chi connectivity index (χ1) is 11.9. The molecule has 0 spiro atoms. The summed E-state index contributed by atoms with van der Waals surface area (Å²) in [7, 11) is 0. The average molecular weight is 315 g/mol. The summed E-state index contributed by atoms with van der Waals surface area (Å²) in [5.74, 6) is 0.437. The van der Waals surface area contributed by atoms with Crippen LogP contribution in [-0.2, 0) is 0 Å². The number of aromatic nitrogens is 5. The molecule has 24 heavy (non-hydrogen) atoms. The molecule has 0 radical (unpaired) electrons. The number of pyridine rings is 1. The summed E-state index contributed by atoms with van der Waals surface area (Å²) in [6.07, 6.45) is 5.07. The first-order valence-electron chi connectivity index (χ1n) is 7.38. The van der Waals surface area contributed by atoms with Gasteiger partial charge in [-0.15, -0.1) is 0 Å². The fourth-order valence-corrected chi connectivity index (χ4v) is 2.36. The van der Waals surface area contributed by atoms with Crippen LogP contribution in [0.1, 0.15) is 5.56 Å². The molecular formula is C17H13N7. The highest BCUT2D eigenvalue weighted by Gasteiger charge is 2.07. The van der Waals surface area contributed by atoms with Crippen LogP contribution in [0.3, 0.4) is 0 Å². The molecule has 2 aromatic heterocycles. The third kappa shape index (κ3) is 2.82. The Morgan fingerprint density at radius 3 is 2.83 bits per heavy atom. The molecule has 2 heterocycles. The molecular weight excluding hydrogens is 302 g/mol. The Hall–Kier alpha value is -3.61.